The fraction of sp³-hybridized carbons (Fsp3) is 0.238. The van der Waals surface area contributed by atoms with Crippen molar-refractivity contribution >= 4 is 39.0 Å². The van der Waals surface area contributed by atoms with Crippen LogP contribution in [-0.2, 0) is 4.79 Å². The lowest BCUT2D eigenvalue weighted by molar-refractivity contribution is -0.139. The third-order valence-electron chi connectivity index (χ3n) is 4.43. The fourth-order valence-corrected chi connectivity index (χ4v) is 3.09. The SMILES string of the molecule is CC[C@H](C)c1nc2ccc(Br)cc2c(=O)n1N=Cc1cccc(OCC(=O)O)c1. The number of aromatic nitrogens is 2. The number of aliphatic carboxylic acids is 1. The maximum atomic E-state index is 13.1. The highest BCUT2D eigenvalue weighted by molar-refractivity contribution is 9.10. The van der Waals surface area contributed by atoms with Crippen molar-refractivity contribution in [2.45, 2.75) is 26.2 Å². The Labute approximate surface area is 175 Å². The zero-order chi connectivity index (χ0) is 21.0. The van der Waals surface area contributed by atoms with Gasteiger partial charge >= 0.3 is 5.97 Å². The summed E-state index contributed by atoms with van der Waals surface area (Å²) in [6, 6.07) is 12.2. The number of halogens is 1. The van der Waals surface area contributed by atoms with Crippen molar-refractivity contribution in [3.05, 3.63) is 68.7 Å². The van der Waals surface area contributed by atoms with Crippen molar-refractivity contribution in [2.24, 2.45) is 5.10 Å². The minimum absolute atomic E-state index is 0.0399. The van der Waals surface area contributed by atoms with E-state index >= 15 is 0 Å². The maximum Gasteiger partial charge on any atom is 0.341 e. The molecule has 0 spiro atoms. The Bertz CT molecular complexity index is 1140. The molecule has 0 fully saturated rings. The van der Waals surface area contributed by atoms with Gasteiger partial charge in [0.1, 0.15) is 11.6 Å². The maximum absolute atomic E-state index is 13.1. The van der Waals surface area contributed by atoms with Gasteiger partial charge in [0.2, 0.25) is 0 Å². The molecule has 8 heteroatoms. The predicted molar refractivity (Wildman–Crippen MR) is 115 cm³/mol. The number of carbonyl (C=O) groups is 1. The number of fused-ring (bicyclic) bond motifs is 1. The number of carboxylic acid groups (broad SMARTS) is 1. The third kappa shape index (κ3) is 4.89. The van der Waals surface area contributed by atoms with Crippen molar-refractivity contribution in [3.8, 4) is 5.75 Å². The van der Waals surface area contributed by atoms with Gasteiger partial charge in [-0.1, -0.05) is 41.9 Å². The number of nitrogens with zero attached hydrogens (tertiary/aromatic N) is 3. The van der Waals surface area contributed by atoms with Crippen LogP contribution in [0.1, 0.15) is 37.6 Å². The van der Waals surface area contributed by atoms with E-state index in [0.29, 0.717) is 28.0 Å². The van der Waals surface area contributed by atoms with Crippen LogP contribution in [0.3, 0.4) is 0 Å². The van der Waals surface area contributed by atoms with Gasteiger partial charge in [0.15, 0.2) is 6.61 Å². The van der Waals surface area contributed by atoms with Gasteiger partial charge in [-0.25, -0.2) is 9.78 Å². The van der Waals surface area contributed by atoms with Crippen molar-refractivity contribution in [1.29, 1.82) is 0 Å². The molecule has 0 saturated heterocycles. The molecule has 29 heavy (non-hydrogen) atoms. The number of ether oxygens (including phenoxy) is 1. The first-order valence-corrected chi connectivity index (χ1v) is 9.89. The molecule has 0 unspecified atom stereocenters. The Kier molecular flexibility index (Phi) is 6.43. The molecule has 1 atom stereocenters. The number of hydrogen-bond donors (Lipinski definition) is 1. The van der Waals surface area contributed by atoms with Crippen molar-refractivity contribution in [3.63, 3.8) is 0 Å². The number of benzene rings is 2. The van der Waals surface area contributed by atoms with Crippen LogP contribution < -0.4 is 10.3 Å². The highest BCUT2D eigenvalue weighted by atomic mass is 79.9. The quantitative estimate of drug-likeness (QED) is 0.540. The second-order valence-electron chi connectivity index (χ2n) is 6.56. The second kappa shape index (κ2) is 9.00. The van der Waals surface area contributed by atoms with Crippen LogP contribution in [-0.4, -0.2) is 33.6 Å². The third-order valence-corrected chi connectivity index (χ3v) is 4.92. The highest BCUT2D eigenvalue weighted by Gasteiger charge is 2.15. The summed E-state index contributed by atoms with van der Waals surface area (Å²) in [5.41, 5.74) is 1.05. The summed E-state index contributed by atoms with van der Waals surface area (Å²) in [4.78, 5) is 28.4. The summed E-state index contributed by atoms with van der Waals surface area (Å²) >= 11 is 3.39. The van der Waals surface area contributed by atoms with Crippen LogP contribution in [0.5, 0.6) is 5.75 Å². The van der Waals surface area contributed by atoms with Crippen molar-refractivity contribution < 1.29 is 14.6 Å². The van der Waals surface area contributed by atoms with Crippen LogP contribution >= 0.6 is 15.9 Å². The van der Waals surface area contributed by atoms with Gasteiger partial charge in [0.05, 0.1) is 17.1 Å². The summed E-state index contributed by atoms with van der Waals surface area (Å²) in [5, 5.41) is 13.6. The van der Waals surface area contributed by atoms with Crippen LogP contribution in [0.25, 0.3) is 10.9 Å². The first-order valence-electron chi connectivity index (χ1n) is 9.10. The molecule has 1 aromatic heterocycles. The fourth-order valence-electron chi connectivity index (χ4n) is 2.73. The minimum Gasteiger partial charge on any atom is -0.482 e. The summed E-state index contributed by atoms with van der Waals surface area (Å²) in [6.07, 6.45) is 2.34. The average Bonchev–Trinajstić information content (AvgIpc) is 2.71. The van der Waals surface area contributed by atoms with Crippen LogP contribution in [0.4, 0.5) is 0 Å². The Morgan fingerprint density at radius 1 is 1.34 bits per heavy atom. The lowest BCUT2D eigenvalue weighted by atomic mass is 10.1. The van der Waals surface area contributed by atoms with E-state index < -0.39 is 12.6 Å². The normalized spacial score (nSPS) is 12.4. The molecule has 0 aliphatic carbocycles. The summed E-state index contributed by atoms with van der Waals surface area (Å²) < 4.78 is 7.30. The standard InChI is InChI=1S/C21H20BrN3O4/c1-3-13(2)20-24-18-8-7-15(22)10-17(18)21(28)25(20)23-11-14-5-4-6-16(9-14)29-12-19(26)27/h4-11,13H,3,12H2,1-2H3,(H,26,27)/t13-/m0/s1. The minimum atomic E-state index is -1.05. The zero-order valence-corrected chi connectivity index (χ0v) is 17.6. The highest BCUT2D eigenvalue weighted by Crippen LogP contribution is 2.21. The van der Waals surface area contributed by atoms with E-state index in [1.165, 1.54) is 10.9 Å². The van der Waals surface area contributed by atoms with Gasteiger partial charge < -0.3 is 9.84 Å². The van der Waals surface area contributed by atoms with E-state index in [2.05, 4.69) is 26.0 Å². The van der Waals surface area contributed by atoms with E-state index in [1.807, 2.05) is 26.0 Å². The first-order chi connectivity index (χ1) is 13.9. The van der Waals surface area contributed by atoms with E-state index in [0.717, 1.165) is 10.9 Å². The molecular formula is C21H20BrN3O4. The van der Waals surface area contributed by atoms with E-state index in [1.54, 1.807) is 30.3 Å². The first kappa shape index (κ1) is 20.7. The smallest absolute Gasteiger partial charge is 0.341 e. The molecule has 2 aromatic carbocycles. The topological polar surface area (TPSA) is 93.8 Å². The van der Waals surface area contributed by atoms with Crippen LogP contribution in [0, 0.1) is 0 Å². The molecule has 0 saturated carbocycles. The Morgan fingerprint density at radius 2 is 2.14 bits per heavy atom. The number of hydrogen-bond acceptors (Lipinski definition) is 5. The molecule has 1 N–H and O–H groups in total. The summed E-state index contributed by atoms with van der Waals surface area (Å²) in [7, 11) is 0. The Morgan fingerprint density at radius 3 is 2.86 bits per heavy atom. The van der Waals surface area contributed by atoms with E-state index in [9.17, 15) is 9.59 Å². The molecular weight excluding hydrogens is 438 g/mol. The van der Waals surface area contributed by atoms with Crippen molar-refractivity contribution in [2.75, 3.05) is 6.61 Å². The monoisotopic (exact) mass is 457 g/mol. The molecule has 0 aliphatic heterocycles. The molecule has 0 radical (unpaired) electrons. The lowest BCUT2D eigenvalue weighted by Gasteiger charge is -2.14. The molecule has 0 bridgehead atoms. The molecule has 3 rings (SSSR count). The molecule has 0 amide bonds. The van der Waals surface area contributed by atoms with Crippen LogP contribution in [0.15, 0.2) is 56.8 Å². The largest absolute Gasteiger partial charge is 0.482 e. The Balaban J connectivity index is 2.04. The predicted octanol–water partition coefficient (Wildman–Crippen LogP) is 4.02. The van der Waals surface area contributed by atoms with Gasteiger partial charge in [-0.3, -0.25) is 4.79 Å². The van der Waals surface area contributed by atoms with E-state index in [4.69, 9.17) is 9.84 Å². The number of rotatable bonds is 7. The van der Waals surface area contributed by atoms with E-state index in [-0.39, 0.29) is 11.5 Å². The van der Waals surface area contributed by atoms with Gasteiger partial charge in [0, 0.05) is 10.4 Å². The van der Waals surface area contributed by atoms with Crippen molar-refractivity contribution in [1.82, 2.24) is 9.66 Å². The van der Waals surface area contributed by atoms with Gasteiger partial charge in [0.25, 0.3) is 5.56 Å². The second-order valence-corrected chi connectivity index (χ2v) is 7.47. The zero-order valence-electron chi connectivity index (χ0n) is 16.0. The van der Waals surface area contributed by atoms with Crippen LogP contribution in [0.2, 0.25) is 0 Å². The van der Waals surface area contributed by atoms with Gasteiger partial charge in [-0.15, -0.1) is 0 Å². The summed E-state index contributed by atoms with van der Waals surface area (Å²) in [6.45, 7) is 3.60. The molecule has 3 aromatic rings. The van der Waals surface area contributed by atoms with Gasteiger partial charge in [-0.05, 0) is 42.3 Å². The van der Waals surface area contributed by atoms with Gasteiger partial charge in [-0.2, -0.15) is 9.78 Å². The lowest BCUT2D eigenvalue weighted by Crippen LogP contribution is -2.23. The molecule has 1 heterocycles. The molecule has 150 valence electrons. The molecule has 0 aliphatic rings. The summed E-state index contributed by atoms with van der Waals surface area (Å²) in [5.74, 6) is -0.0198. The average molecular weight is 458 g/mol. The molecule has 7 nitrogen and oxygen atoms in total. The Hall–Kier alpha value is -3.00. The number of carboxylic acids is 1.